The molecule has 0 aliphatic rings. The lowest BCUT2D eigenvalue weighted by molar-refractivity contribution is 0.0845. The summed E-state index contributed by atoms with van der Waals surface area (Å²) in [7, 11) is 1.48. The van der Waals surface area contributed by atoms with E-state index in [9.17, 15) is 9.59 Å². The van der Waals surface area contributed by atoms with Crippen LogP contribution in [0, 0.1) is 0 Å². The van der Waals surface area contributed by atoms with E-state index in [1.54, 1.807) is 42.5 Å². The van der Waals surface area contributed by atoms with Crippen LogP contribution in [0.15, 0.2) is 46.9 Å². The van der Waals surface area contributed by atoms with E-state index in [0.717, 1.165) is 12.8 Å². The number of carbonyl (C=O) groups is 2. The highest BCUT2D eigenvalue weighted by Gasteiger charge is 2.14. The van der Waals surface area contributed by atoms with Gasteiger partial charge < -0.3 is 9.47 Å². The van der Waals surface area contributed by atoms with Crippen molar-refractivity contribution in [3.63, 3.8) is 0 Å². The summed E-state index contributed by atoms with van der Waals surface area (Å²) in [4.78, 5) is 24.4. The molecule has 0 spiro atoms. The van der Waals surface area contributed by atoms with Crippen molar-refractivity contribution < 1.29 is 19.1 Å². The SMILES string of the molecule is CCCCOc1ccc(C(=O)NNC(=O)c2ccccc2OC)cc1Br. The van der Waals surface area contributed by atoms with Crippen LogP contribution in [0.1, 0.15) is 40.5 Å². The minimum atomic E-state index is -0.464. The fraction of sp³-hybridized carbons (Fsp3) is 0.263. The van der Waals surface area contributed by atoms with Crippen molar-refractivity contribution in [2.75, 3.05) is 13.7 Å². The molecule has 26 heavy (non-hydrogen) atoms. The highest BCUT2D eigenvalue weighted by Crippen LogP contribution is 2.26. The number of para-hydroxylation sites is 1. The van der Waals surface area contributed by atoms with Gasteiger partial charge in [-0.25, -0.2) is 0 Å². The summed E-state index contributed by atoms with van der Waals surface area (Å²) in [6.45, 7) is 2.71. The average molecular weight is 421 g/mol. The van der Waals surface area contributed by atoms with Crippen molar-refractivity contribution in [3.8, 4) is 11.5 Å². The van der Waals surface area contributed by atoms with Gasteiger partial charge in [-0.1, -0.05) is 25.5 Å². The molecule has 2 N–H and O–H groups in total. The maximum absolute atomic E-state index is 12.2. The van der Waals surface area contributed by atoms with E-state index in [-0.39, 0.29) is 0 Å². The molecule has 2 aromatic rings. The molecule has 0 fully saturated rings. The fourth-order valence-corrected chi connectivity index (χ4v) is 2.66. The summed E-state index contributed by atoms with van der Waals surface area (Å²) in [5.74, 6) is 0.201. The van der Waals surface area contributed by atoms with Crippen LogP contribution in [-0.4, -0.2) is 25.5 Å². The first-order chi connectivity index (χ1) is 12.6. The Bertz CT molecular complexity index is 780. The molecule has 0 heterocycles. The zero-order valence-corrected chi connectivity index (χ0v) is 16.3. The molecule has 0 aliphatic heterocycles. The second kappa shape index (κ2) is 9.82. The first-order valence-electron chi connectivity index (χ1n) is 8.22. The monoisotopic (exact) mass is 420 g/mol. The van der Waals surface area contributed by atoms with Crippen LogP contribution in [0.2, 0.25) is 0 Å². The van der Waals surface area contributed by atoms with Crippen LogP contribution in [0.5, 0.6) is 11.5 Å². The van der Waals surface area contributed by atoms with E-state index in [1.165, 1.54) is 7.11 Å². The Balaban J connectivity index is 1.97. The molecular weight excluding hydrogens is 400 g/mol. The summed E-state index contributed by atoms with van der Waals surface area (Å²) in [6.07, 6.45) is 2.01. The molecule has 0 saturated heterocycles. The molecule has 0 aliphatic carbocycles. The zero-order valence-electron chi connectivity index (χ0n) is 14.7. The number of methoxy groups -OCH3 is 1. The number of hydrazine groups is 1. The van der Waals surface area contributed by atoms with Gasteiger partial charge in [-0.2, -0.15) is 0 Å². The van der Waals surface area contributed by atoms with Crippen molar-refractivity contribution in [1.29, 1.82) is 0 Å². The number of ether oxygens (including phenoxy) is 2. The second-order valence-corrected chi connectivity index (χ2v) is 6.31. The Morgan fingerprint density at radius 2 is 1.77 bits per heavy atom. The molecule has 138 valence electrons. The Labute approximate surface area is 161 Å². The molecule has 2 rings (SSSR count). The lowest BCUT2D eigenvalue weighted by atomic mass is 10.2. The molecule has 6 nitrogen and oxygen atoms in total. The third-order valence-electron chi connectivity index (χ3n) is 3.59. The maximum atomic E-state index is 12.2. The standard InChI is InChI=1S/C19H21BrN2O4/c1-3-4-11-26-17-10-9-13(12-15(17)20)18(23)21-22-19(24)14-7-5-6-8-16(14)25-2/h5-10,12H,3-4,11H2,1-2H3,(H,21,23)(H,22,24). The molecule has 0 bridgehead atoms. The lowest BCUT2D eigenvalue weighted by Gasteiger charge is -2.11. The van der Waals surface area contributed by atoms with Crippen LogP contribution < -0.4 is 20.3 Å². The van der Waals surface area contributed by atoms with Crippen molar-refractivity contribution in [1.82, 2.24) is 10.9 Å². The molecule has 7 heteroatoms. The quantitative estimate of drug-likeness (QED) is 0.528. The number of rotatable bonds is 7. The number of unbranched alkanes of at least 4 members (excludes halogenated alkanes) is 1. The molecule has 0 saturated carbocycles. The number of carbonyl (C=O) groups excluding carboxylic acids is 2. The van der Waals surface area contributed by atoms with Crippen LogP contribution in [0.4, 0.5) is 0 Å². The molecular formula is C19H21BrN2O4. The van der Waals surface area contributed by atoms with E-state index in [4.69, 9.17) is 9.47 Å². The smallest absolute Gasteiger partial charge is 0.273 e. The molecule has 0 atom stereocenters. The Kier molecular flexibility index (Phi) is 7.47. The van der Waals surface area contributed by atoms with Gasteiger partial charge in [-0.3, -0.25) is 20.4 Å². The third-order valence-corrected chi connectivity index (χ3v) is 4.21. The van der Waals surface area contributed by atoms with E-state index in [1.807, 2.05) is 0 Å². The van der Waals surface area contributed by atoms with Gasteiger partial charge in [-0.05, 0) is 52.7 Å². The van der Waals surface area contributed by atoms with Crippen molar-refractivity contribution in [3.05, 3.63) is 58.1 Å². The highest BCUT2D eigenvalue weighted by molar-refractivity contribution is 9.10. The van der Waals surface area contributed by atoms with Gasteiger partial charge >= 0.3 is 0 Å². The van der Waals surface area contributed by atoms with Gasteiger partial charge in [0.1, 0.15) is 11.5 Å². The predicted octanol–water partition coefficient (Wildman–Crippen LogP) is 3.71. The van der Waals surface area contributed by atoms with E-state index >= 15 is 0 Å². The second-order valence-electron chi connectivity index (χ2n) is 5.46. The van der Waals surface area contributed by atoms with E-state index in [0.29, 0.717) is 33.7 Å². The van der Waals surface area contributed by atoms with Gasteiger partial charge in [0.2, 0.25) is 0 Å². The normalized spacial score (nSPS) is 10.1. The third kappa shape index (κ3) is 5.23. The topological polar surface area (TPSA) is 76.7 Å². The number of hydrogen-bond donors (Lipinski definition) is 2. The molecule has 0 unspecified atom stereocenters. The van der Waals surface area contributed by atoms with Crippen LogP contribution >= 0.6 is 15.9 Å². The molecule has 0 aromatic heterocycles. The summed E-state index contributed by atoms with van der Waals surface area (Å²) in [5, 5.41) is 0. The molecule has 0 radical (unpaired) electrons. The minimum absolute atomic E-state index is 0.330. The van der Waals surface area contributed by atoms with Crippen molar-refractivity contribution in [2.24, 2.45) is 0 Å². The predicted molar refractivity (Wildman–Crippen MR) is 102 cm³/mol. The van der Waals surface area contributed by atoms with Crippen LogP contribution in [0.25, 0.3) is 0 Å². The zero-order chi connectivity index (χ0) is 18.9. The molecule has 2 aromatic carbocycles. The van der Waals surface area contributed by atoms with Crippen molar-refractivity contribution >= 4 is 27.7 Å². The summed E-state index contributed by atoms with van der Waals surface area (Å²) >= 11 is 3.39. The Hall–Kier alpha value is -2.54. The van der Waals surface area contributed by atoms with Crippen LogP contribution in [0.3, 0.4) is 0 Å². The number of halogens is 1. The van der Waals surface area contributed by atoms with Gasteiger partial charge in [0.05, 0.1) is 23.8 Å². The van der Waals surface area contributed by atoms with Gasteiger partial charge in [0.25, 0.3) is 11.8 Å². The van der Waals surface area contributed by atoms with Gasteiger partial charge in [0.15, 0.2) is 0 Å². The first kappa shape index (κ1) is 19.8. The summed E-state index contributed by atoms with van der Waals surface area (Å²) in [5.41, 5.74) is 5.49. The van der Waals surface area contributed by atoms with Crippen molar-refractivity contribution in [2.45, 2.75) is 19.8 Å². The highest BCUT2D eigenvalue weighted by atomic mass is 79.9. The summed E-state index contributed by atoms with van der Waals surface area (Å²) in [6, 6.07) is 11.8. The lowest BCUT2D eigenvalue weighted by Crippen LogP contribution is -2.41. The maximum Gasteiger partial charge on any atom is 0.273 e. The summed E-state index contributed by atoms with van der Waals surface area (Å²) < 4.78 is 11.4. The Morgan fingerprint density at radius 1 is 1.04 bits per heavy atom. The fourth-order valence-electron chi connectivity index (χ4n) is 2.17. The number of nitrogens with one attached hydrogen (secondary N) is 2. The van der Waals surface area contributed by atoms with E-state index < -0.39 is 11.8 Å². The number of hydrogen-bond acceptors (Lipinski definition) is 4. The largest absolute Gasteiger partial charge is 0.496 e. The Morgan fingerprint density at radius 3 is 2.46 bits per heavy atom. The number of benzene rings is 2. The van der Waals surface area contributed by atoms with Gasteiger partial charge in [-0.15, -0.1) is 0 Å². The van der Waals surface area contributed by atoms with Crippen LogP contribution in [-0.2, 0) is 0 Å². The minimum Gasteiger partial charge on any atom is -0.496 e. The number of amides is 2. The van der Waals surface area contributed by atoms with E-state index in [2.05, 4.69) is 33.7 Å². The average Bonchev–Trinajstić information content (AvgIpc) is 2.67. The molecule has 2 amide bonds. The first-order valence-corrected chi connectivity index (χ1v) is 9.02. The van der Waals surface area contributed by atoms with Gasteiger partial charge in [0, 0.05) is 5.56 Å².